The quantitative estimate of drug-likeness (QED) is 0.876. The normalized spacial score (nSPS) is 19.3. The number of nitrogens with zero attached hydrogens (tertiary/aromatic N) is 1. The first-order chi connectivity index (χ1) is 9.62. The number of halogens is 3. The maximum atomic E-state index is 12.9. The van der Waals surface area contributed by atoms with E-state index in [4.69, 9.17) is 9.84 Å². The van der Waals surface area contributed by atoms with Gasteiger partial charge in [-0.2, -0.15) is 13.2 Å². The maximum absolute atomic E-state index is 12.9. The minimum Gasteiger partial charge on any atom is -0.478 e. The fourth-order valence-electron chi connectivity index (χ4n) is 2.08. The molecule has 21 heavy (non-hydrogen) atoms. The molecule has 114 valence electrons. The van der Waals surface area contributed by atoms with Crippen molar-refractivity contribution in [3.05, 3.63) is 28.6 Å². The molecule has 2 rings (SSSR count). The Labute approximate surface area is 117 Å². The molecule has 2 atom stereocenters. The predicted molar refractivity (Wildman–Crippen MR) is 65.7 cm³/mol. The molecule has 0 radical (unpaired) electrons. The van der Waals surface area contributed by atoms with E-state index in [2.05, 4.69) is 4.98 Å². The molecule has 1 aliphatic rings. The summed E-state index contributed by atoms with van der Waals surface area (Å²) in [6.45, 7) is 2.84. The van der Waals surface area contributed by atoms with Crippen molar-refractivity contribution in [2.45, 2.75) is 32.2 Å². The van der Waals surface area contributed by atoms with Gasteiger partial charge in [0.2, 0.25) is 6.10 Å². The van der Waals surface area contributed by atoms with E-state index in [1.807, 2.05) is 0 Å². The summed E-state index contributed by atoms with van der Waals surface area (Å²) in [7, 11) is 0. The highest BCUT2D eigenvalue weighted by molar-refractivity contribution is 5.95. The van der Waals surface area contributed by atoms with Crippen LogP contribution in [0.5, 0.6) is 5.75 Å². The van der Waals surface area contributed by atoms with Crippen LogP contribution in [-0.2, 0) is 4.79 Å². The highest BCUT2D eigenvalue weighted by Gasteiger charge is 2.49. The zero-order valence-corrected chi connectivity index (χ0v) is 11.1. The molecule has 1 aliphatic heterocycles. The summed E-state index contributed by atoms with van der Waals surface area (Å²) < 4.78 is 43.7. The van der Waals surface area contributed by atoms with E-state index < -0.39 is 29.9 Å². The second-order valence-corrected chi connectivity index (χ2v) is 4.66. The van der Waals surface area contributed by atoms with Crippen molar-refractivity contribution >= 4 is 12.0 Å². The fraction of sp³-hybridized carbons (Fsp3) is 0.385. The monoisotopic (exact) mass is 303 g/mol. The molecule has 1 aromatic heterocycles. The molecule has 5 nitrogen and oxygen atoms in total. The molecule has 0 fully saturated rings. The van der Waals surface area contributed by atoms with E-state index >= 15 is 0 Å². The van der Waals surface area contributed by atoms with Gasteiger partial charge in [0, 0.05) is 17.3 Å². The number of aliphatic carboxylic acids is 1. The van der Waals surface area contributed by atoms with E-state index in [0.717, 1.165) is 6.08 Å². The summed E-state index contributed by atoms with van der Waals surface area (Å²) in [5, 5.41) is 18.6. The first kappa shape index (κ1) is 15.3. The van der Waals surface area contributed by atoms with Crippen molar-refractivity contribution in [3.63, 3.8) is 0 Å². The van der Waals surface area contributed by atoms with E-state index in [0.29, 0.717) is 0 Å². The SMILES string of the molecule is Cc1ncc(C(C)O)c2c1OC(C(F)(F)F)C(C(=O)O)=C2. The number of hydrogen-bond acceptors (Lipinski definition) is 4. The van der Waals surface area contributed by atoms with Gasteiger partial charge in [-0.25, -0.2) is 4.79 Å². The van der Waals surface area contributed by atoms with Gasteiger partial charge in [-0.1, -0.05) is 0 Å². The van der Waals surface area contributed by atoms with Crippen molar-refractivity contribution in [1.82, 2.24) is 4.98 Å². The summed E-state index contributed by atoms with van der Waals surface area (Å²) in [6, 6.07) is 0. The van der Waals surface area contributed by atoms with E-state index in [9.17, 15) is 23.1 Å². The lowest BCUT2D eigenvalue weighted by Gasteiger charge is -2.29. The molecular weight excluding hydrogens is 291 g/mol. The second kappa shape index (κ2) is 5.03. The lowest BCUT2D eigenvalue weighted by molar-refractivity contribution is -0.187. The minimum atomic E-state index is -4.87. The van der Waals surface area contributed by atoms with Crippen molar-refractivity contribution in [1.29, 1.82) is 0 Å². The molecule has 0 saturated heterocycles. The van der Waals surface area contributed by atoms with Crippen molar-refractivity contribution in [3.8, 4) is 5.75 Å². The summed E-state index contributed by atoms with van der Waals surface area (Å²) in [5.74, 6) is -1.89. The Morgan fingerprint density at radius 1 is 1.48 bits per heavy atom. The van der Waals surface area contributed by atoms with Crippen LogP contribution in [0.25, 0.3) is 6.08 Å². The number of alkyl halides is 3. The Morgan fingerprint density at radius 3 is 2.57 bits per heavy atom. The molecule has 0 aliphatic carbocycles. The van der Waals surface area contributed by atoms with Crippen LogP contribution in [0.15, 0.2) is 11.8 Å². The number of hydrogen-bond donors (Lipinski definition) is 2. The summed E-state index contributed by atoms with van der Waals surface area (Å²) in [5.41, 5.74) is -0.433. The zero-order valence-electron chi connectivity index (χ0n) is 11.1. The molecule has 0 aromatic carbocycles. The lowest BCUT2D eigenvalue weighted by Crippen LogP contribution is -2.40. The van der Waals surface area contributed by atoms with Gasteiger partial charge in [-0.3, -0.25) is 4.98 Å². The molecule has 0 spiro atoms. The van der Waals surface area contributed by atoms with Crippen molar-refractivity contribution in [2.75, 3.05) is 0 Å². The standard InChI is InChI=1S/C13H12F3NO4/c1-5-10-7(9(4-17-5)6(2)18)3-8(12(19)20)11(21-10)13(14,15)16/h3-4,6,11,18H,1-2H3,(H,19,20). The number of carbonyl (C=O) groups is 1. The highest BCUT2D eigenvalue weighted by Crippen LogP contribution is 2.40. The highest BCUT2D eigenvalue weighted by atomic mass is 19.4. The Hall–Kier alpha value is -2.09. The average Bonchev–Trinajstić information content (AvgIpc) is 2.36. The number of aromatic nitrogens is 1. The number of fused-ring (bicyclic) bond motifs is 1. The third kappa shape index (κ3) is 2.71. The van der Waals surface area contributed by atoms with Gasteiger partial charge in [0.05, 0.1) is 17.4 Å². The van der Waals surface area contributed by atoms with E-state index in [1.54, 1.807) is 0 Å². The van der Waals surface area contributed by atoms with E-state index in [1.165, 1.54) is 20.0 Å². The fourth-order valence-corrected chi connectivity index (χ4v) is 2.08. The number of carboxylic acid groups (broad SMARTS) is 1. The summed E-state index contributed by atoms with van der Waals surface area (Å²) in [6.07, 6.45) is -6.28. The molecule has 0 amide bonds. The second-order valence-electron chi connectivity index (χ2n) is 4.66. The van der Waals surface area contributed by atoms with Crippen LogP contribution in [0.4, 0.5) is 13.2 Å². The zero-order chi connectivity index (χ0) is 15.9. The van der Waals surface area contributed by atoms with Crippen LogP contribution in [0.2, 0.25) is 0 Å². The molecule has 1 aromatic rings. The van der Waals surface area contributed by atoms with Gasteiger partial charge in [-0.05, 0) is 19.9 Å². The first-order valence-electron chi connectivity index (χ1n) is 5.98. The third-order valence-electron chi connectivity index (χ3n) is 3.09. The predicted octanol–water partition coefficient (Wildman–Crippen LogP) is 2.23. The van der Waals surface area contributed by atoms with Crippen LogP contribution in [0, 0.1) is 6.92 Å². The lowest BCUT2D eigenvalue weighted by atomic mass is 9.96. The first-order valence-corrected chi connectivity index (χ1v) is 5.98. The molecule has 2 N–H and O–H groups in total. The van der Waals surface area contributed by atoms with Gasteiger partial charge in [0.1, 0.15) is 5.75 Å². The van der Waals surface area contributed by atoms with Crippen LogP contribution in [0.3, 0.4) is 0 Å². The third-order valence-corrected chi connectivity index (χ3v) is 3.09. The molecule has 0 bridgehead atoms. The van der Waals surface area contributed by atoms with Crippen LogP contribution in [-0.4, -0.2) is 33.4 Å². The average molecular weight is 303 g/mol. The molecule has 2 heterocycles. The van der Waals surface area contributed by atoms with Gasteiger partial charge >= 0.3 is 12.1 Å². The number of carboxylic acids is 1. The van der Waals surface area contributed by atoms with Crippen molar-refractivity contribution < 1.29 is 32.9 Å². The number of aryl methyl sites for hydroxylation is 1. The number of aliphatic hydroxyl groups excluding tert-OH is 1. The topological polar surface area (TPSA) is 79.7 Å². The van der Waals surface area contributed by atoms with Crippen molar-refractivity contribution in [2.24, 2.45) is 0 Å². The number of ether oxygens (including phenoxy) is 1. The van der Waals surface area contributed by atoms with Gasteiger partial charge < -0.3 is 14.9 Å². The molecule has 8 heteroatoms. The minimum absolute atomic E-state index is 0.107. The van der Waals surface area contributed by atoms with Crippen LogP contribution in [0.1, 0.15) is 29.8 Å². The maximum Gasteiger partial charge on any atom is 0.430 e. The Morgan fingerprint density at radius 2 is 2.10 bits per heavy atom. The number of aliphatic hydroxyl groups is 1. The van der Waals surface area contributed by atoms with Gasteiger partial charge in [0.15, 0.2) is 0 Å². The number of pyridine rings is 1. The number of rotatable bonds is 2. The Kier molecular flexibility index (Phi) is 3.66. The van der Waals surface area contributed by atoms with E-state index in [-0.39, 0.29) is 22.6 Å². The Balaban J connectivity index is 2.68. The molecule has 0 saturated carbocycles. The summed E-state index contributed by atoms with van der Waals surface area (Å²) >= 11 is 0. The molecule has 2 unspecified atom stereocenters. The van der Waals surface area contributed by atoms with Crippen LogP contribution < -0.4 is 4.74 Å². The largest absolute Gasteiger partial charge is 0.478 e. The van der Waals surface area contributed by atoms with Gasteiger partial charge in [-0.15, -0.1) is 0 Å². The summed E-state index contributed by atoms with van der Waals surface area (Å²) in [4.78, 5) is 14.9. The van der Waals surface area contributed by atoms with Gasteiger partial charge in [0.25, 0.3) is 0 Å². The smallest absolute Gasteiger partial charge is 0.430 e. The van der Waals surface area contributed by atoms with Crippen LogP contribution >= 0.6 is 0 Å². The Bertz CT molecular complexity index is 623. The molecular formula is C13H12F3NO4.